The van der Waals surface area contributed by atoms with Crippen LogP contribution in [0, 0.1) is 0 Å². The van der Waals surface area contributed by atoms with E-state index in [1.807, 2.05) is 0 Å². The fraction of sp³-hybridized carbons (Fsp3) is 0.500. The number of hydrogen-bond acceptors (Lipinski definition) is 13. The molecule has 1 N–H and O–H groups in total. The van der Waals surface area contributed by atoms with Crippen molar-refractivity contribution in [3.63, 3.8) is 0 Å². The van der Waals surface area contributed by atoms with Gasteiger partial charge in [-0.1, -0.05) is 0 Å². The molecule has 0 radical (unpaired) electrons. The summed E-state index contributed by atoms with van der Waals surface area (Å²) in [5.41, 5.74) is 3.55. The quantitative estimate of drug-likeness (QED) is 0.246. The molecule has 0 unspecified atom stereocenters. The summed E-state index contributed by atoms with van der Waals surface area (Å²) in [6.07, 6.45) is 1.56. The Morgan fingerprint density at radius 3 is 1.91 bits per heavy atom. The van der Waals surface area contributed by atoms with E-state index in [-0.39, 0.29) is 5.75 Å². The SMILES string of the molecule is COc1cc(/C=N\Nc2nc(N3CCOCC3)nc(N3CCOCC3)n2)cc(OC)c1OC(C)=O. The van der Waals surface area contributed by atoms with Gasteiger partial charge in [-0.3, -0.25) is 4.79 Å². The predicted molar refractivity (Wildman–Crippen MR) is 128 cm³/mol. The first-order valence-corrected chi connectivity index (χ1v) is 11.2. The third-order valence-corrected chi connectivity index (χ3v) is 5.31. The molecule has 2 fully saturated rings. The van der Waals surface area contributed by atoms with Gasteiger partial charge in [-0.25, -0.2) is 5.43 Å². The van der Waals surface area contributed by atoms with Gasteiger partial charge >= 0.3 is 5.97 Å². The number of ether oxygens (including phenoxy) is 5. The minimum Gasteiger partial charge on any atom is -0.493 e. The number of aromatic nitrogens is 3. The molecule has 0 atom stereocenters. The number of nitrogens with one attached hydrogen (secondary N) is 1. The van der Waals surface area contributed by atoms with Gasteiger partial charge in [0.15, 0.2) is 11.5 Å². The summed E-state index contributed by atoms with van der Waals surface area (Å²) in [5, 5.41) is 4.29. The fourth-order valence-electron chi connectivity index (χ4n) is 3.60. The van der Waals surface area contributed by atoms with Crippen molar-refractivity contribution >= 4 is 30.0 Å². The highest BCUT2D eigenvalue weighted by molar-refractivity contribution is 5.83. The summed E-state index contributed by atoms with van der Waals surface area (Å²) in [6.45, 7) is 6.57. The fourth-order valence-corrected chi connectivity index (χ4v) is 3.60. The standard InChI is InChI=1S/C22H29N7O6/c1-15(30)35-19-17(31-2)12-16(13-18(19)32-3)14-23-27-20-24-21(28-4-8-33-9-5-28)26-22(25-20)29-6-10-34-11-7-29/h12-14H,4-11H2,1-3H3,(H,24,25,26,27)/b23-14-. The van der Waals surface area contributed by atoms with E-state index in [1.165, 1.54) is 21.1 Å². The first-order chi connectivity index (χ1) is 17.1. The molecular formula is C22H29N7O6. The number of nitrogens with zero attached hydrogens (tertiary/aromatic N) is 6. The molecule has 4 rings (SSSR count). The molecule has 0 bridgehead atoms. The number of hydrazone groups is 1. The zero-order valence-corrected chi connectivity index (χ0v) is 20.0. The number of anilines is 3. The zero-order chi connectivity index (χ0) is 24.6. The second kappa shape index (κ2) is 11.6. The number of carbonyl (C=O) groups excluding carboxylic acids is 1. The Morgan fingerprint density at radius 2 is 1.46 bits per heavy atom. The van der Waals surface area contributed by atoms with E-state index in [4.69, 9.17) is 23.7 Å². The molecule has 1 aromatic carbocycles. The topological polar surface area (TPSA) is 133 Å². The van der Waals surface area contributed by atoms with Gasteiger partial charge in [0.2, 0.25) is 23.6 Å². The largest absolute Gasteiger partial charge is 0.493 e. The van der Waals surface area contributed by atoms with Crippen LogP contribution in [-0.2, 0) is 14.3 Å². The molecule has 0 amide bonds. The summed E-state index contributed by atoms with van der Waals surface area (Å²) in [4.78, 5) is 29.4. The average Bonchev–Trinajstić information content (AvgIpc) is 2.89. The van der Waals surface area contributed by atoms with Crippen LogP contribution in [0.3, 0.4) is 0 Å². The van der Waals surface area contributed by atoms with Gasteiger partial charge in [0.05, 0.1) is 46.9 Å². The predicted octanol–water partition coefficient (Wildman–Crippen LogP) is 0.933. The Labute approximate surface area is 203 Å². The Kier molecular flexibility index (Phi) is 8.11. The number of morpholine rings is 2. The number of esters is 1. The molecule has 13 nitrogen and oxygen atoms in total. The Morgan fingerprint density at radius 1 is 0.943 bits per heavy atom. The van der Waals surface area contributed by atoms with Gasteiger partial charge in [0.1, 0.15) is 0 Å². The Hall–Kier alpha value is -3.71. The summed E-state index contributed by atoms with van der Waals surface area (Å²) < 4.78 is 26.8. The van der Waals surface area contributed by atoms with Gasteiger partial charge in [-0.05, 0) is 12.1 Å². The molecule has 35 heavy (non-hydrogen) atoms. The molecular weight excluding hydrogens is 458 g/mol. The molecule has 188 valence electrons. The summed E-state index contributed by atoms with van der Waals surface area (Å²) in [5.74, 6) is 1.85. The second-order valence-electron chi connectivity index (χ2n) is 7.68. The molecule has 3 heterocycles. The summed E-state index contributed by atoms with van der Waals surface area (Å²) in [7, 11) is 2.96. The monoisotopic (exact) mass is 487 g/mol. The van der Waals surface area contributed by atoms with Crippen LogP contribution in [0.1, 0.15) is 12.5 Å². The third-order valence-electron chi connectivity index (χ3n) is 5.31. The minimum atomic E-state index is -0.480. The molecule has 13 heteroatoms. The van der Waals surface area contributed by atoms with Crippen LogP contribution in [-0.4, -0.2) is 94.0 Å². The van der Waals surface area contributed by atoms with Gasteiger partial charge < -0.3 is 33.5 Å². The van der Waals surface area contributed by atoms with Gasteiger partial charge in [0.25, 0.3) is 0 Å². The number of rotatable bonds is 8. The van der Waals surface area contributed by atoms with E-state index in [2.05, 4.69) is 35.3 Å². The van der Waals surface area contributed by atoms with Crippen LogP contribution >= 0.6 is 0 Å². The van der Waals surface area contributed by atoms with Crippen LogP contribution in [0.2, 0.25) is 0 Å². The third kappa shape index (κ3) is 6.25. The lowest BCUT2D eigenvalue weighted by atomic mass is 10.2. The molecule has 0 spiro atoms. The number of methoxy groups -OCH3 is 2. The van der Waals surface area contributed by atoms with Crippen molar-refractivity contribution in [2.24, 2.45) is 5.10 Å². The molecule has 2 aliphatic heterocycles. The lowest BCUT2D eigenvalue weighted by molar-refractivity contribution is -0.132. The van der Waals surface area contributed by atoms with Crippen molar-refractivity contribution in [3.8, 4) is 17.2 Å². The molecule has 2 aromatic rings. The smallest absolute Gasteiger partial charge is 0.308 e. The van der Waals surface area contributed by atoms with Crippen LogP contribution in [0.25, 0.3) is 0 Å². The molecule has 1 aromatic heterocycles. The van der Waals surface area contributed by atoms with E-state index in [0.29, 0.717) is 87.5 Å². The van der Waals surface area contributed by atoms with E-state index < -0.39 is 5.97 Å². The van der Waals surface area contributed by atoms with Crippen molar-refractivity contribution in [2.45, 2.75) is 6.92 Å². The van der Waals surface area contributed by atoms with E-state index in [0.717, 1.165) is 0 Å². The molecule has 2 saturated heterocycles. The first-order valence-electron chi connectivity index (χ1n) is 11.2. The highest BCUT2D eigenvalue weighted by Crippen LogP contribution is 2.38. The van der Waals surface area contributed by atoms with Gasteiger partial charge in [-0.2, -0.15) is 20.1 Å². The van der Waals surface area contributed by atoms with Crippen molar-refractivity contribution in [1.82, 2.24) is 15.0 Å². The maximum Gasteiger partial charge on any atom is 0.308 e. The Balaban J connectivity index is 1.57. The van der Waals surface area contributed by atoms with Crippen LogP contribution in [0.15, 0.2) is 17.2 Å². The van der Waals surface area contributed by atoms with E-state index in [1.54, 1.807) is 18.3 Å². The Bertz CT molecular complexity index is 993. The highest BCUT2D eigenvalue weighted by atomic mass is 16.6. The maximum atomic E-state index is 11.4. The number of benzene rings is 1. The maximum absolute atomic E-state index is 11.4. The molecule has 2 aliphatic rings. The van der Waals surface area contributed by atoms with Crippen molar-refractivity contribution in [3.05, 3.63) is 17.7 Å². The lowest BCUT2D eigenvalue weighted by Gasteiger charge is -2.30. The van der Waals surface area contributed by atoms with Gasteiger partial charge in [-0.15, -0.1) is 0 Å². The van der Waals surface area contributed by atoms with Crippen LogP contribution < -0.4 is 29.4 Å². The van der Waals surface area contributed by atoms with Crippen LogP contribution in [0.5, 0.6) is 17.2 Å². The van der Waals surface area contributed by atoms with E-state index in [9.17, 15) is 4.79 Å². The molecule has 0 aliphatic carbocycles. The zero-order valence-electron chi connectivity index (χ0n) is 20.0. The highest BCUT2D eigenvalue weighted by Gasteiger charge is 2.21. The van der Waals surface area contributed by atoms with E-state index >= 15 is 0 Å². The summed E-state index contributed by atoms with van der Waals surface area (Å²) in [6, 6.07) is 3.36. The number of hydrogen-bond donors (Lipinski definition) is 1. The van der Waals surface area contributed by atoms with Crippen molar-refractivity contribution in [2.75, 3.05) is 82.1 Å². The average molecular weight is 488 g/mol. The minimum absolute atomic E-state index is 0.204. The number of carbonyl (C=O) groups is 1. The summed E-state index contributed by atoms with van der Waals surface area (Å²) >= 11 is 0. The molecule has 0 saturated carbocycles. The second-order valence-corrected chi connectivity index (χ2v) is 7.68. The normalized spacial score (nSPS) is 16.3. The first kappa shape index (κ1) is 24.4. The van der Waals surface area contributed by atoms with Gasteiger partial charge in [0, 0.05) is 38.7 Å². The lowest BCUT2D eigenvalue weighted by Crippen LogP contribution is -2.40. The van der Waals surface area contributed by atoms with Crippen molar-refractivity contribution < 1.29 is 28.5 Å². The van der Waals surface area contributed by atoms with Crippen LogP contribution in [0.4, 0.5) is 17.8 Å². The van der Waals surface area contributed by atoms with Crippen molar-refractivity contribution in [1.29, 1.82) is 0 Å².